The topological polar surface area (TPSA) is 66.6 Å². The first-order valence-corrected chi connectivity index (χ1v) is 4.66. The molecule has 0 aliphatic rings. The summed E-state index contributed by atoms with van der Waals surface area (Å²) in [5.41, 5.74) is 11.0. The molecule has 0 aliphatic heterocycles. The van der Waals surface area contributed by atoms with Gasteiger partial charge in [0.15, 0.2) is 0 Å². The molecule has 1 heterocycles. The Bertz CT molecular complexity index is 454. The second-order valence-electron chi connectivity index (χ2n) is 3.18. The number of hydrogen-bond acceptors (Lipinski definition) is 2. The molecule has 15 heavy (non-hydrogen) atoms. The lowest BCUT2D eigenvalue weighted by atomic mass is 10.2. The number of azide groups is 1. The molecule has 0 N–H and O–H groups in total. The van der Waals surface area contributed by atoms with Gasteiger partial charge in [0.2, 0.25) is 0 Å². The van der Waals surface area contributed by atoms with E-state index in [2.05, 4.69) is 27.0 Å². The van der Waals surface area contributed by atoms with Crippen LogP contribution in [0.15, 0.2) is 5.11 Å². The number of hydrogen-bond donors (Lipinski definition) is 0. The molecule has 78 valence electrons. The van der Waals surface area contributed by atoms with Crippen LogP contribution in [0.4, 0.5) is 0 Å². The number of aryl methyl sites for hydroxylation is 2. The SMILES string of the molecule is Cc1nn(C)c(C)c1C#CCCN=[N+]=[N-]. The third kappa shape index (κ3) is 2.76. The van der Waals surface area contributed by atoms with Gasteiger partial charge in [0.1, 0.15) is 0 Å². The second-order valence-corrected chi connectivity index (χ2v) is 3.18. The highest BCUT2D eigenvalue weighted by Crippen LogP contribution is 2.09. The first kappa shape index (κ1) is 11.2. The van der Waals surface area contributed by atoms with Gasteiger partial charge in [0.05, 0.1) is 17.0 Å². The zero-order chi connectivity index (χ0) is 11.3. The molecule has 1 aromatic rings. The number of rotatable bonds is 2. The second kappa shape index (κ2) is 5.08. The van der Waals surface area contributed by atoms with Crippen LogP contribution in [-0.2, 0) is 7.05 Å². The average Bonchev–Trinajstić information content (AvgIpc) is 2.44. The summed E-state index contributed by atoms with van der Waals surface area (Å²) in [5.74, 6) is 6.01. The van der Waals surface area contributed by atoms with Crippen molar-refractivity contribution in [2.75, 3.05) is 6.54 Å². The van der Waals surface area contributed by atoms with E-state index in [4.69, 9.17) is 5.53 Å². The molecule has 1 aromatic heterocycles. The van der Waals surface area contributed by atoms with Crippen LogP contribution in [0.1, 0.15) is 23.4 Å². The molecule has 0 spiro atoms. The molecule has 0 atom stereocenters. The van der Waals surface area contributed by atoms with Crippen molar-refractivity contribution in [1.29, 1.82) is 0 Å². The minimum Gasteiger partial charge on any atom is -0.271 e. The summed E-state index contributed by atoms with van der Waals surface area (Å²) < 4.78 is 1.81. The normalized spacial score (nSPS) is 9.00. The van der Waals surface area contributed by atoms with Gasteiger partial charge in [-0.1, -0.05) is 17.0 Å². The van der Waals surface area contributed by atoms with Crippen molar-refractivity contribution >= 4 is 0 Å². The number of nitrogens with zero attached hydrogens (tertiary/aromatic N) is 5. The fraction of sp³-hybridized carbons (Fsp3) is 0.500. The monoisotopic (exact) mass is 203 g/mol. The van der Waals surface area contributed by atoms with Gasteiger partial charge in [-0.15, -0.1) is 0 Å². The third-order valence-electron chi connectivity index (χ3n) is 2.12. The average molecular weight is 203 g/mol. The molecule has 0 fully saturated rings. The Labute approximate surface area is 88.7 Å². The van der Waals surface area contributed by atoms with E-state index in [0.29, 0.717) is 13.0 Å². The summed E-state index contributed by atoms with van der Waals surface area (Å²) in [7, 11) is 1.90. The Morgan fingerprint density at radius 3 is 2.80 bits per heavy atom. The van der Waals surface area contributed by atoms with Gasteiger partial charge < -0.3 is 0 Å². The smallest absolute Gasteiger partial charge is 0.0752 e. The van der Waals surface area contributed by atoms with E-state index in [0.717, 1.165) is 17.0 Å². The molecule has 0 radical (unpaired) electrons. The predicted molar refractivity (Wildman–Crippen MR) is 58.2 cm³/mol. The molecule has 0 bridgehead atoms. The van der Waals surface area contributed by atoms with Crippen molar-refractivity contribution in [2.24, 2.45) is 12.2 Å². The highest BCUT2D eigenvalue weighted by atomic mass is 15.3. The van der Waals surface area contributed by atoms with Crippen molar-refractivity contribution in [2.45, 2.75) is 20.3 Å². The Morgan fingerprint density at radius 2 is 2.27 bits per heavy atom. The van der Waals surface area contributed by atoms with E-state index in [-0.39, 0.29) is 0 Å². The standard InChI is InChI=1S/C10H13N5/c1-8-10(9(2)15(3)13-8)6-4-5-7-12-14-11/h5,7H2,1-3H3. The van der Waals surface area contributed by atoms with Crippen molar-refractivity contribution in [3.8, 4) is 11.8 Å². The van der Waals surface area contributed by atoms with E-state index >= 15 is 0 Å². The molecule has 0 saturated carbocycles. The zero-order valence-corrected chi connectivity index (χ0v) is 9.15. The molecule has 1 rings (SSSR count). The Morgan fingerprint density at radius 1 is 1.53 bits per heavy atom. The van der Waals surface area contributed by atoms with E-state index in [9.17, 15) is 0 Å². The summed E-state index contributed by atoms with van der Waals surface area (Å²) >= 11 is 0. The minimum atomic E-state index is 0.419. The van der Waals surface area contributed by atoms with Gasteiger partial charge in [0.25, 0.3) is 0 Å². The van der Waals surface area contributed by atoms with Gasteiger partial charge in [-0.3, -0.25) is 4.68 Å². The largest absolute Gasteiger partial charge is 0.271 e. The van der Waals surface area contributed by atoms with E-state index in [1.165, 1.54) is 0 Å². The maximum absolute atomic E-state index is 8.07. The molecule has 0 amide bonds. The minimum absolute atomic E-state index is 0.419. The quantitative estimate of drug-likeness (QED) is 0.238. The molecule has 0 saturated heterocycles. The summed E-state index contributed by atoms with van der Waals surface area (Å²) in [4.78, 5) is 2.66. The first-order chi connectivity index (χ1) is 7.16. The van der Waals surface area contributed by atoms with Crippen molar-refractivity contribution in [3.05, 3.63) is 27.4 Å². The van der Waals surface area contributed by atoms with E-state index in [1.807, 2.05) is 25.6 Å². The fourth-order valence-electron chi connectivity index (χ4n) is 1.26. The van der Waals surface area contributed by atoms with Crippen LogP contribution in [0.25, 0.3) is 10.4 Å². The van der Waals surface area contributed by atoms with Crippen molar-refractivity contribution in [3.63, 3.8) is 0 Å². The van der Waals surface area contributed by atoms with Crippen LogP contribution >= 0.6 is 0 Å². The lowest BCUT2D eigenvalue weighted by Crippen LogP contribution is -1.92. The Balaban J connectivity index is 2.75. The third-order valence-corrected chi connectivity index (χ3v) is 2.12. The van der Waals surface area contributed by atoms with E-state index in [1.54, 1.807) is 0 Å². The van der Waals surface area contributed by atoms with Crippen LogP contribution in [0.2, 0.25) is 0 Å². The number of aromatic nitrogens is 2. The predicted octanol–water partition coefficient (Wildman–Crippen LogP) is 2.09. The van der Waals surface area contributed by atoms with Gasteiger partial charge in [0, 0.05) is 24.9 Å². The summed E-state index contributed by atoms with van der Waals surface area (Å²) in [6.45, 7) is 4.34. The lowest BCUT2D eigenvalue weighted by molar-refractivity contribution is 0.731. The van der Waals surface area contributed by atoms with Crippen molar-refractivity contribution < 1.29 is 0 Å². The van der Waals surface area contributed by atoms with Gasteiger partial charge >= 0.3 is 0 Å². The molecule has 5 nitrogen and oxygen atoms in total. The van der Waals surface area contributed by atoms with Crippen LogP contribution in [0.5, 0.6) is 0 Å². The highest BCUT2D eigenvalue weighted by molar-refractivity contribution is 5.41. The molecular formula is C10H13N5. The van der Waals surface area contributed by atoms with Gasteiger partial charge in [-0.05, 0) is 19.4 Å². The summed E-state index contributed by atoms with van der Waals surface area (Å²) in [5, 5.41) is 7.67. The van der Waals surface area contributed by atoms with Crippen molar-refractivity contribution in [1.82, 2.24) is 9.78 Å². The van der Waals surface area contributed by atoms with Gasteiger partial charge in [-0.25, -0.2) is 0 Å². The van der Waals surface area contributed by atoms with Gasteiger partial charge in [-0.2, -0.15) is 5.10 Å². The summed E-state index contributed by atoms with van der Waals surface area (Å²) in [6.07, 6.45) is 0.581. The van der Waals surface area contributed by atoms with Crippen LogP contribution < -0.4 is 0 Å². The molecular weight excluding hydrogens is 190 g/mol. The molecule has 0 aliphatic carbocycles. The molecule has 5 heteroatoms. The maximum atomic E-state index is 8.07. The van der Waals surface area contributed by atoms with Crippen LogP contribution in [0.3, 0.4) is 0 Å². The summed E-state index contributed by atoms with van der Waals surface area (Å²) in [6, 6.07) is 0. The zero-order valence-electron chi connectivity index (χ0n) is 9.15. The van der Waals surface area contributed by atoms with Crippen LogP contribution in [-0.4, -0.2) is 16.3 Å². The first-order valence-electron chi connectivity index (χ1n) is 4.66. The molecule has 0 aromatic carbocycles. The fourth-order valence-corrected chi connectivity index (χ4v) is 1.26. The van der Waals surface area contributed by atoms with E-state index < -0.39 is 0 Å². The Kier molecular flexibility index (Phi) is 3.78. The van der Waals surface area contributed by atoms with Crippen LogP contribution in [0, 0.1) is 25.7 Å². The highest BCUT2D eigenvalue weighted by Gasteiger charge is 2.05. The molecule has 0 unspecified atom stereocenters. The lowest BCUT2D eigenvalue weighted by Gasteiger charge is -1.91. The Hall–Kier alpha value is -1.92. The maximum Gasteiger partial charge on any atom is 0.0752 e.